The van der Waals surface area contributed by atoms with Gasteiger partial charge in [-0.05, 0) is 42.9 Å². The van der Waals surface area contributed by atoms with Gasteiger partial charge in [-0.2, -0.15) is 0 Å². The number of aromatic nitrogens is 2. The van der Waals surface area contributed by atoms with E-state index in [0.717, 1.165) is 19.3 Å². The minimum Gasteiger partial charge on any atom is -0.384 e. The number of nitrogens with zero attached hydrogens (tertiary/aromatic N) is 2. The molecule has 3 nitrogen and oxygen atoms in total. The Kier molecular flexibility index (Phi) is 4.31. The SMILES string of the molecule is CC(C)c1csc(CCCc2ccnc(N)c2)n1. The Balaban J connectivity index is 1.84. The Labute approximate surface area is 112 Å². The largest absolute Gasteiger partial charge is 0.384 e. The van der Waals surface area contributed by atoms with Gasteiger partial charge in [-0.15, -0.1) is 11.3 Å². The van der Waals surface area contributed by atoms with E-state index in [1.165, 1.54) is 16.3 Å². The van der Waals surface area contributed by atoms with E-state index in [9.17, 15) is 0 Å². The number of anilines is 1. The van der Waals surface area contributed by atoms with Crippen molar-refractivity contribution in [1.82, 2.24) is 9.97 Å². The molecule has 2 rings (SSSR count). The van der Waals surface area contributed by atoms with Crippen molar-refractivity contribution in [2.75, 3.05) is 5.73 Å². The highest BCUT2D eigenvalue weighted by molar-refractivity contribution is 7.09. The zero-order valence-corrected chi connectivity index (χ0v) is 11.7. The molecule has 0 unspecified atom stereocenters. The van der Waals surface area contributed by atoms with Crippen molar-refractivity contribution in [2.24, 2.45) is 0 Å². The van der Waals surface area contributed by atoms with E-state index < -0.39 is 0 Å². The molecule has 0 bridgehead atoms. The zero-order valence-electron chi connectivity index (χ0n) is 10.9. The summed E-state index contributed by atoms with van der Waals surface area (Å²) in [5, 5.41) is 3.41. The average molecular weight is 261 g/mol. The molecule has 0 spiro atoms. The summed E-state index contributed by atoms with van der Waals surface area (Å²) in [5.74, 6) is 1.12. The van der Waals surface area contributed by atoms with Crippen molar-refractivity contribution in [3.63, 3.8) is 0 Å². The first kappa shape index (κ1) is 13.0. The first-order valence-corrected chi connectivity index (χ1v) is 7.18. The Hall–Kier alpha value is -1.42. The second kappa shape index (κ2) is 5.96. The lowest BCUT2D eigenvalue weighted by atomic mass is 10.1. The van der Waals surface area contributed by atoms with Gasteiger partial charge in [-0.1, -0.05) is 13.8 Å². The molecule has 0 saturated heterocycles. The summed E-state index contributed by atoms with van der Waals surface area (Å²) in [5.41, 5.74) is 8.12. The van der Waals surface area contributed by atoms with Crippen LogP contribution in [0.3, 0.4) is 0 Å². The van der Waals surface area contributed by atoms with E-state index in [1.807, 2.05) is 12.1 Å². The Morgan fingerprint density at radius 3 is 2.83 bits per heavy atom. The van der Waals surface area contributed by atoms with Crippen LogP contribution in [0.2, 0.25) is 0 Å². The molecular formula is C14H19N3S. The second-order valence-corrected chi connectivity index (χ2v) is 5.71. The fourth-order valence-electron chi connectivity index (χ4n) is 1.80. The van der Waals surface area contributed by atoms with Gasteiger partial charge in [-0.25, -0.2) is 9.97 Å². The summed E-state index contributed by atoms with van der Waals surface area (Å²) in [4.78, 5) is 8.64. The molecular weight excluding hydrogens is 242 g/mol. The zero-order chi connectivity index (χ0) is 13.0. The number of thiazole rings is 1. The van der Waals surface area contributed by atoms with Gasteiger partial charge >= 0.3 is 0 Å². The standard InChI is InChI=1S/C14H19N3S/c1-10(2)12-9-18-14(17-12)5-3-4-11-6-7-16-13(15)8-11/h6-10H,3-5H2,1-2H3,(H2,15,16). The lowest BCUT2D eigenvalue weighted by Crippen LogP contribution is -1.94. The summed E-state index contributed by atoms with van der Waals surface area (Å²) in [6.07, 6.45) is 4.95. The molecule has 0 aliphatic carbocycles. The monoisotopic (exact) mass is 261 g/mol. The van der Waals surface area contributed by atoms with Gasteiger partial charge in [-0.3, -0.25) is 0 Å². The first-order valence-electron chi connectivity index (χ1n) is 6.30. The van der Waals surface area contributed by atoms with Gasteiger partial charge < -0.3 is 5.73 Å². The topological polar surface area (TPSA) is 51.8 Å². The molecule has 2 heterocycles. The van der Waals surface area contributed by atoms with Gasteiger partial charge in [0.25, 0.3) is 0 Å². The van der Waals surface area contributed by atoms with E-state index in [2.05, 4.69) is 29.2 Å². The van der Waals surface area contributed by atoms with Crippen LogP contribution in [-0.4, -0.2) is 9.97 Å². The van der Waals surface area contributed by atoms with Crippen LogP contribution in [0.5, 0.6) is 0 Å². The van der Waals surface area contributed by atoms with Crippen LogP contribution in [0.1, 0.15) is 42.5 Å². The summed E-state index contributed by atoms with van der Waals surface area (Å²) >= 11 is 1.77. The number of pyridine rings is 1. The predicted molar refractivity (Wildman–Crippen MR) is 76.9 cm³/mol. The van der Waals surface area contributed by atoms with Crippen LogP contribution in [-0.2, 0) is 12.8 Å². The molecule has 0 saturated carbocycles. The molecule has 0 radical (unpaired) electrons. The number of nitrogen functional groups attached to an aromatic ring is 1. The van der Waals surface area contributed by atoms with Gasteiger partial charge in [0.15, 0.2) is 0 Å². The van der Waals surface area contributed by atoms with E-state index in [4.69, 9.17) is 5.73 Å². The van der Waals surface area contributed by atoms with Crippen LogP contribution in [0.4, 0.5) is 5.82 Å². The van der Waals surface area contributed by atoms with Crippen molar-refractivity contribution < 1.29 is 0 Å². The van der Waals surface area contributed by atoms with Crippen molar-refractivity contribution in [2.45, 2.75) is 39.0 Å². The predicted octanol–water partition coefficient (Wildman–Crippen LogP) is 3.42. The van der Waals surface area contributed by atoms with Crippen molar-refractivity contribution >= 4 is 17.2 Å². The Morgan fingerprint density at radius 1 is 1.33 bits per heavy atom. The molecule has 0 aliphatic rings. The van der Waals surface area contributed by atoms with E-state index >= 15 is 0 Å². The minimum absolute atomic E-state index is 0.523. The number of nitrogens with two attached hydrogens (primary N) is 1. The highest BCUT2D eigenvalue weighted by atomic mass is 32.1. The lowest BCUT2D eigenvalue weighted by molar-refractivity contribution is 0.786. The molecule has 18 heavy (non-hydrogen) atoms. The molecule has 0 atom stereocenters. The third-order valence-electron chi connectivity index (χ3n) is 2.86. The lowest BCUT2D eigenvalue weighted by Gasteiger charge is -2.01. The molecule has 0 amide bonds. The molecule has 2 N–H and O–H groups in total. The van der Waals surface area contributed by atoms with Gasteiger partial charge in [0.2, 0.25) is 0 Å². The van der Waals surface area contributed by atoms with Crippen LogP contribution >= 0.6 is 11.3 Å². The number of hydrogen-bond donors (Lipinski definition) is 1. The maximum absolute atomic E-state index is 5.66. The fourth-order valence-corrected chi connectivity index (χ4v) is 2.80. The number of hydrogen-bond acceptors (Lipinski definition) is 4. The molecule has 96 valence electrons. The number of aryl methyl sites for hydroxylation is 2. The molecule has 4 heteroatoms. The minimum atomic E-state index is 0.523. The summed E-state index contributed by atoms with van der Waals surface area (Å²) in [7, 11) is 0. The maximum atomic E-state index is 5.66. The maximum Gasteiger partial charge on any atom is 0.123 e. The van der Waals surface area contributed by atoms with Crippen LogP contribution in [0, 0.1) is 0 Å². The summed E-state index contributed by atoms with van der Waals surface area (Å²) in [6.45, 7) is 4.36. The number of rotatable bonds is 5. The second-order valence-electron chi connectivity index (χ2n) is 4.76. The summed E-state index contributed by atoms with van der Waals surface area (Å²) in [6, 6.07) is 3.97. The molecule has 0 aromatic carbocycles. The van der Waals surface area contributed by atoms with Crippen LogP contribution < -0.4 is 5.73 Å². The van der Waals surface area contributed by atoms with E-state index in [1.54, 1.807) is 17.5 Å². The quantitative estimate of drug-likeness (QED) is 0.897. The van der Waals surface area contributed by atoms with Crippen molar-refractivity contribution in [3.8, 4) is 0 Å². The van der Waals surface area contributed by atoms with Gasteiger partial charge in [0.1, 0.15) is 5.82 Å². The fraction of sp³-hybridized carbons (Fsp3) is 0.429. The summed E-state index contributed by atoms with van der Waals surface area (Å²) < 4.78 is 0. The first-order chi connectivity index (χ1) is 8.65. The molecule has 0 fully saturated rings. The van der Waals surface area contributed by atoms with E-state index in [0.29, 0.717) is 11.7 Å². The third kappa shape index (κ3) is 3.53. The van der Waals surface area contributed by atoms with Crippen LogP contribution in [0.25, 0.3) is 0 Å². The van der Waals surface area contributed by atoms with Gasteiger partial charge in [0, 0.05) is 11.6 Å². The molecule has 2 aromatic rings. The Morgan fingerprint density at radius 2 is 2.17 bits per heavy atom. The highest BCUT2D eigenvalue weighted by Gasteiger charge is 2.05. The van der Waals surface area contributed by atoms with Crippen LogP contribution in [0.15, 0.2) is 23.7 Å². The van der Waals surface area contributed by atoms with Gasteiger partial charge in [0.05, 0.1) is 10.7 Å². The molecule has 2 aromatic heterocycles. The smallest absolute Gasteiger partial charge is 0.123 e. The Bertz CT molecular complexity index is 505. The van der Waals surface area contributed by atoms with Crippen molar-refractivity contribution in [1.29, 1.82) is 0 Å². The average Bonchev–Trinajstić information content (AvgIpc) is 2.78. The third-order valence-corrected chi connectivity index (χ3v) is 3.79. The normalized spacial score (nSPS) is 11.1. The highest BCUT2D eigenvalue weighted by Crippen LogP contribution is 2.19. The van der Waals surface area contributed by atoms with E-state index in [-0.39, 0.29) is 0 Å². The van der Waals surface area contributed by atoms with Crippen molar-refractivity contribution in [3.05, 3.63) is 40.0 Å². The molecule has 0 aliphatic heterocycles.